The van der Waals surface area contributed by atoms with E-state index in [1.165, 1.54) is 12.8 Å². The van der Waals surface area contributed by atoms with E-state index in [0.717, 1.165) is 12.8 Å². The molecule has 3 aliphatic rings. The molecule has 3 aliphatic carbocycles. The van der Waals surface area contributed by atoms with Crippen molar-refractivity contribution in [1.29, 1.82) is 0 Å². The van der Waals surface area contributed by atoms with Crippen molar-refractivity contribution in [3.05, 3.63) is 0 Å². The molecule has 0 aliphatic heterocycles. The maximum Gasteiger partial charge on any atom is 0.397 e. The second-order valence-electron chi connectivity index (χ2n) is 5.61. The molecule has 3 saturated carbocycles. The van der Waals surface area contributed by atoms with Gasteiger partial charge in [0.15, 0.2) is 0 Å². The van der Waals surface area contributed by atoms with E-state index in [1.54, 1.807) is 0 Å². The van der Waals surface area contributed by atoms with Gasteiger partial charge in [0.1, 0.15) is 5.97 Å². The van der Waals surface area contributed by atoms with Crippen molar-refractivity contribution in [2.75, 3.05) is 0 Å². The predicted molar refractivity (Wildman–Crippen MR) is 51.9 cm³/mol. The molecule has 0 N–H and O–H groups in total. The highest BCUT2D eigenvalue weighted by Crippen LogP contribution is 2.59. The van der Waals surface area contributed by atoms with E-state index >= 15 is 0 Å². The van der Waals surface area contributed by atoms with Crippen LogP contribution in [-0.4, -0.2) is 18.2 Å². The van der Waals surface area contributed by atoms with Gasteiger partial charge in [-0.1, -0.05) is 6.42 Å². The topological polar surface area (TPSA) is 49.4 Å². The zero-order chi connectivity index (χ0) is 12.2. The number of hydrogen-bond donors (Lipinski definition) is 0. The summed E-state index contributed by atoms with van der Waals surface area (Å²) in [6, 6.07) is 0. The molecule has 0 aromatic rings. The summed E-state index contributed by atoms with van der Waals surface area (Å²) in [6.07, 6.45) is 0.262. The number of aliphatic carboxylic acids is 1. The van der Waals surface area contributed by atoms with Crippen molar-refractivity contribution in [3.63, 3.8) is 0 Å². The number of ether oxygens (including phenoxy) is 1. The van der Waals surface area contributed by atoms with Gasteiger partial charge in [-0.05, 0) is 49.4 Å². The highest BCUT2D eigenvalue weighted by Gasteiger charge is 2.56. The highest BCUT2D eigenvalue weighted by molar-refractivity contribution is 5.71. The van der Waals surface area contributed by atoms with Crippen LogP contribution in [0.2, 0.25) is 0 Å². The molecule has 0 radical (unpaired) electrons. The van der Waals surface area contributed by atoms with E-state index in [1.807, 2.05) is 0 Å². The Hall–Kier alpha value is -0.710. The molecule has 3 fully saturated rings. The van der Waals surface area contributed by atoms with Crippen LogP contribution in [0.3, 0.4) is 0 Å². The molecule has 0 saturated heterocycles. The monoisotopic (exact) mass is 245 g/mol. The van der Waals surface area contributed by atoms with Crippen molar-refractivity contribution < 1.29 is 23.4 Å². The second kappa shape index (κ2) is 3.64. The van der Waals surface area contributed by atoms with Gasteiger partial charge in [-0.25, -0.2) is 0 Å². The molecule has 5 atom stereocenters. The Bertz CT molecular complexity index is 345. The lowest BCUT2D eigenvalue weighted by molar-refractivity contribution is -0.370. The SMILES string of the molecule is O=C([O-])C(F)(F)OC1CC2CC1C1CCCC21. The first-order valence-electron chi connectivity index (χ1n) is 6.26. The Balaban J connectivity index is 1.70. The third-order valence-electron chi connectivity index (χ3n) is 4.90. The smallest absolute Gasteiger partial charge is 0.397 e. The molecule has 2 bridgehead atoms. The largest absolute Gasteiger partial charge is 0.542 e. The summed E-state index contributed by atoms with van der Waals surface area (Å²) in [5.41, 5.74) is 0. The minimum atomic E-state index is -4.14. The van der Waals surface area contributed by atoms with Gasteiger partial charge in [0.2, 0.25) is 0 Å². The first-order chi connectivity index (χ1) is 7.99. The Labute approximate surface area is 98.1 Å². The molecular weight excluding hydrogens is 230 g/mol. The van der Waals surface area contributed by atoms with Gasteiger partial charge in [0, 0.05) is 0 Å². The molecule has 0 aromatic carbocycles. The number of halogens is 2. The fraction of sp³-hybridized carbons (Fsp3) is 0.917. The molecule has 5 unspecified atom stereocenters. The first-order valence-corrected chi connectivity index (χ1v) is 6.26. The van der Waals surface area contributed by atoms with E-state index in [4.69, 9.17) is 0 Å². The van der Waals surface area contributed by atoms with Gasteiger partial charge in [-0.15, -0.1) is 0 Å². The quantitative estimate of drug-likeness (QED) is 0.750. The van der Waals surface area contributed by atoms with Crippen molar-refractivity contribution in [1.82, 2.24) is 0 Å². The average Bonchev–Trinajstić information content (AvgIpc) is 2.84. The van der Waals surface area contributed by atoms with Crippen LogP contribution < -0.4 is 5.11 Å². The van der Waals surface area contributed by atoms with Gasteiger partial charge in [0.25, 0.3) is 0 Å². The fourth-order valence-electron chi connectivity index (χ4n) is 4.38. The average molecular weight is 245 g/mol. The molecule has 0 amide bonds. The Kier molecular flexibility index (Phi) is 2.44. The number of carboxylic acid groups (broad SMARTS) is 1. The molecule has 0 spiro atoms. The molecule has 3 nitrogen and oxygen atoms in total. The third-order valence-corrected chi connectivity index (χ3v) is 4.90. The van der Waals surface area contributed by atoms with Crippen molar-refractivity contribution in [3.8, 4) is 0 Å². The zero-order valence-corrected chi connectivity index (χ0v) is 9.40. The summed E-state index contributed by atoms with van der Waals surface area (Å²) < 4.78 is 30.5. The summed E-state index contributed by atoms with van der Waals surface area (Å²) >= 11 is 0. The van der Waals surface area contributed by atoms with Crippen LogP contribution in [0, 0.1) is 23.7 Å². The van der Waals surface area contributed by atoms with Crippen LogP contribution in [0.25, 0.3) is 0 Å². The van der Waals surface area contributed by atoms with Crippen LogP contribution in [0.1, 0.15) is 32.1 Å². The minimum absolute atomic E-state index is 0.137. The van der Waals surface area contributed by atoms with Crippen LogP contribution in [0.5, 0.6) is 0 Å². The number of carbonyl (C=O) groups is 1. The van der Waals surface area contributed by atoms with E-state index in [0.29, 0.717) is 24.2 Å². The molecule has 17 heavy (non-hydrogen) atoms. The van der Waals surface area contributed by atoms with Gasteiger partial charge in [-0.2, -0.15) is 8.78 Å². The molecule has 5 heteroatoms. The van der Waals surface area contributed by atoms with E-state index in [2.05, 4.69) is 4.74 Å². The predicted octanol–water partition coefficient (Wildman–Crippen LogP) is 1.17. The van der Waals surface area contributed by atoms with Crippen LogP contribution in [0.15, 0.2) is 0 Å². The number of alkyl halides is 2. The number of carboxylic acids is 1. The molecule has 96 valence electrons. The molecule has 3 rings (SSSR count). The van der Waals surface area contributed by atoms with Crippen molar-refractivity contribution >= 4 is 5.97 Å². The lowest BCUT2D eigenvalue weighted by Gasteiger charge is -2.33. The van der Waals surface area contributed by atoms with Gasteiger partial charge < -0.3 is 14.6 Å². The van der Waals surface area contributed by atoms with Gasteiger partial charge in [0.05, 0.1) is 6.10 Å². The fourth-order valence-corrected chi connectivity index (χ4v) is 4.38. The normalized spacial score (nSPS) is 44.0. The van der Waals surface area contributed by atoms with Gasteiger partial charge >= 0.3 is 6.11 Å². The Morgan fingerprint density at radius 2 is 1.88 bits per heavy atom. The van der Waals surface area contributed by atoms with Crippen LogP contribution in [-0.2, 0) is 9.53 Å². The summed E-state index contributed by atoms with van der Waals surface area (Å²) in [4.78, 5) is 10.3. The zero-order valence-electron chi connectivity index (χ0n) is 9.40. The number of hydrogen-bond acceptors (Lipinski definition) is 3. The Morgan fingerprint density at radius 3 is 2.59 bits per heavy atom. The lowest BCUT2D eigenvalue weighted by atomic mass is 9.80. The maximum atomic E-state index is 13.0. The summed E-state index contributed by atoms with van der Waals surface area (Å²) in [7, 11) is 0. The Morgan fingerprint density at radius 1 is 1.18 bits per heavy atom. The molecule has 0 aromatic heterocycles. The number of carbonyl (C=O) groups excluding carboxylic acids is 1. The van der Waals surface area contributed by atoms with E-state index in [-0.39, 0.29) is 5.92 Å². The van der Waals surface area contributed by atoms with Gasteiger partial charge in [-0.3, -0.25) is 0 Å². The summed E-state index contributed by atoms with van der Waals surface area (Å²) in [5, 5.41) is 10.3. The minimum Gasteiger partial charge on any atom is -0.542 e. The lowest BCUT2D eigenvalue weighted by Crippen LogP contribution is -2.47. The van der Waals surface area contributed by atoms with E-state index < -0.39 is 18.2 Å². The highest BCUT2D eigenvalue weighted by atomic mass is 19.3. The summed E-state index contributed by atoms with van der Waals surface area (Å²) in [5.74, 6) is -0.663. The maximum absolute atomic E-state index is 13.0. The van der Waals surface area contributed by atoms with Crippen LogP contribution in [0.4, 0.5) is 8.78 Å². The first kappa shape index (κ1) is 11.4. The number of rotatable bonds is 3. The van der Waals surface area contributed by atoms with Crippen molar-refractivity contribution in [2.45, 2.75) is 44.3 Å². The van der Waals surface area contributed by atoms with Crippen molar-refractivity contribution in [2.24, 2.45) is 23.7 Å². The van der Waals surface area contributed by atoms with Crippen LogP contribution >= 0.6 is 0 Å². The van der Waals surface area contributed by atoms with E-state index in [9.17, 15) is 18.7 Å². The number of fused-ring (bicyclic) bond motifs is 5. The molecular formula is C12H15F2O3-. The third kappa shape index (κ3) is 1.66. The standard InChI is InChI=1S/C12H16F2O3/c13-12(14,11(15)16)17-10-5-6-4-9(10)8-3-1-2-7(6)8/h6-10H,1-5H2,(H,15,16)/p-1. The summed E-state index contributed by atoms with van der Waals surface area (Å²) in [6.45, 7) is 0. The second-order valence-corrected chi connectivity index (χ2v) is 5.61. The molecule has 0 heterocycles.